The number of esters is 2. The van der Waals surface area contributed by atoms with E-state index in [9.17, 15) is 14.7 Å². The van der Waals surface area contributed by atoms with Gasteiger partial charge in [0.05, 0.1) is 6.61 Å². The number of hydrogen-bond acceptors (Lipinski definition) is 5. The first kappa shape index (κ1) is 76.4. The van der Waals surface area contributed by atoms with Gasteiger partial charge in [-0.25, -0.2) is 0 Å². The topological polar surface area (TPSA) is 72.8 Å². The fourth-order valence-corrected chi connectivity index (χ4v) is 11.4. The third-order valence-corrected chi connectivity index (χ3v) is 16.7. The average Bonchev–Trinajstić information content (AvgIpc) is 3.44. The molecule has 1 N–H and O–H groups in total. The van der Waals surface area contributed by atoms with Crippen LogP contribution in [0.2, 0.25) is 0 Å². The molecule has 0 aromatic carbocycles. The summed E-state index contributed by atoms with van der Waals surface area (Å²) in [6.45, 7) is 4.20. The van der Waals surface area contributed by atoms with Gasteiger partial charge in [-0.2, -0.15) is 0 Å². The van der Waals surface area contributed by atoms with Crippen molar-refractivity contribution in [3.8, 4) is 0 Å². The Morgan fingerprint density at radius 2 is 0.513 bits per heavy atom. The number of ether oxygens (including phenoxy) is 2. The van der Waals surface area contributed by atoms with Crippen molar-refractivity contribution in [2.75, 3.05) is 13.2 Å². The van der Waals surface area contributed by atoms with Crippen LogP contribution in [0.15, 0.2) is 24.3 Å². The van der Waals surface area contributed by atoms with Crippen molar-refractivity contribution >= 4 is 11.9 Å². The first-order chi connectivity index (χ1) is 38.6. The SMILES string of the molecule is CCCCCCC/C=C\C/C=C\CCCCCCCCCCCCCCCCCCCCCCCCCCCC(=O)OC(CO)COC(=O)CCCCCCCCCCCCCCCCCCCCCCCCCCCCC. The van der Waals surface area contributed by atoms with Gasteiger partial charge in [-0.15, -0.1) is 0 Å². The number of unbranched alkanes of at least 4 members (excludes halogenated alkanes) is 56. The van der Waals surface area contributed by atoms with Crippen LogP contribution >= 0.6 is 0 Å². The van der Waals surface area contributed by atoms with E-state index in [2.05, 4.69) is 38.2 Å². The molecule has 0 aromatic heterocycles. The monoisotopic (exact) mass is 1100 g/mol. The van der Waals surface area contributed by atoms with Gasteiger partial charge < -0.3 is 14.6 Å². The van der Waals surface area contributed by atoms with E-state index in [4.69, 9.17) is 9.47 Å². The lowest BCUT2D eigenvalue weighted by molar-refractivity contribution is -0.161. The summed E-state index contributed by atoms with van der Waals surface area (Å²) in [7, 11) is 0. The second kappa shape index (κ2) is 69.6. The van der Waals surface area contributed by atoms with Gasteiger partial charge in [-0.05, 0) is 44.9 Å². The van der Waals surface area contributed by atoms with Gasteiger partial charge in [-0.3, -0.25) is 9.59 Å². The molecule has 0 rings (SSSR count). The predicted octanol–water partition coefficient (Wildman–Crippen LogP) is 24.8. The van der Waals surface area contributed by atoms with E-state index < -0.39 is 6.10 Å². The molecule has 0 amide bonds. The lowest BCUT2D eigenvalue weighted by atomic mass is 10.0. The Bertz CT molecular complexity index is 1200. The van der Waals surface area contributed by atoms with Crippen molar-refractivity contribution in [1.29, 1.82) is 0 Å². The second-order valence-corrected chi connectivity index (χ2v) is 24.7. The highest BCUT2D eigenvalue weighted by atomic mass is 16.6. The summed E-state index contributed by atoms with van der Waals surface area (Å²) in [5.74, 6) is -0.561. The summed E-state index contributed by atoms with van der Waals surface area (Å²) >= 11 is 0. The number of rotatable bonds is 68. The first-order valence-corrected chi connectivity index (χ1v) is 35.9. The molecular formula is C73H140O5. The molecule has 0 radical (unpaired) electrons. The molecule has 0 aromatic rings. The Labute approximate surface area is 489 Å². The maximum Gasteiger partial charge on any atom is 0.306 e. The van der Waals surface area contributed by atoms with Crippen LogP contribution in [0.5, 0.6) is 0 Å². The molecule has 0 aliphatic rings. The third kappa shape index (κ3) is 66.9. The van der Waals surface area contributed by atoms with E-state index in [1.807, 2.05) is 0 Å². The quantitative estimate of drug-likeness (QED) is 0.0373. The molecule has 462 valence electrons. The van der Waals surface area contributed by atoms with Crippen LogP contribution in [-0.2, 0) is 19.1 Å². The number of aliphatic hydroxyl groups is 1. The predicted molar refractivity (Wildman–Crippen MR) is 344 cm³/mol. The highest BCUT2D eigenvalue weighted by molar-refractivity contribution is 5.70. The van der Waals surface area contributed by atoms with Crippen molar-refractivity contribution in [3.05, 3.63) is 24.3 Å². The highest BCUT2D eigenvalue weighted by Crippen LogP contribution is 2.19. The number of carbonyl (C=O) groups excluding carboxylic acids is 2. The molecule has 0 saturated heterocycles. The molecule has 0 bridgehead atoms. The van der Waals surface area contributed by atoms with Gasteiger partial charge in [0.1, 0.15) is 6.61 Å². The summed E-state index contributed by atoms with van der Waals surface area (Å²) in [5.41, 5.74) is 0. The maximum absolute atomic E-state index is 12.4. The van der Waals surface area contributed by atoms with Crippen molar-refractivity contribution in [3.63, 3.8) is 0 Å². The molecule has 0 saturated carbocycles. The largest absolute Gasteiger partial charge is 0.462 e. The lowest BCUT2D eigenvalue weighted by Gasteiger charge is -2.15. The molecule has 0 heterocycles. The van der Waals surface area contributed by atoms with Crippen molar-refractivity contribution < 1.29 is 24.2 Å². The van der Waals surface area contributed by atoms with E-state index in [-0.39, 0.29) is 25.2 Å². The number of hydrogen-bond donors (Lipinski definition) is 1. The van der Waals surface area contributed by atoms with Crippen LogP contribution < -0.4 is 0 Å². The fraction of sp³-hybridized carbons (Fsp3) is 0.918. The summed E-state index contributed by atoms with van der Waals surface area (Å²) in [5, 5.41) is 9.70. The minimum atomic E-state index is -0.768. The van der Waals surface area contributed by atoms with Gasteiger partial charge in [0.2, 0.25) is 0 Å². The molecule has 0 spiro atoms. The molecular weight excluding hydrogens is 957 g/mol. The van der Waals surface area contributed by atoms with Crippen LogP contribution in [0.3, 0.4) is 0 Å². The molecule has 5 heteroatoms. The Balaban J connectivity index is 3.36. The third-order valence-electron chi connectivity index (χ3n) is 16.7. The van der Waals surface area contributed by atoms with E-state index in [0.29, 0.717) is 12.8 Å². The minimum Gasteiger partial charge on any atom is -0.462 e. The number of carbonyl (C=O) groups is 2. The van der Waals surface area contributed by atoms with Crippen molar-refractivity contribution in [1.82, 2.24) is 0 Å². The highest BCUT2D eigenvalue weighted by Gasteiger charge is 2.16. The summed E-state index contributed by atoms with van der Waals surface area (Å²) in [4.78, 5) is 24.6. The second-order valence-electron chi connectivity index (χ2n) is 24.7. The van der Waals surface area contributed by atoms with Gasteiger partial charge in [0, 0.05) is 12.8 Å². The Morgan fingerprint density at radius 1 is 0.295 bits per heavy atom. The average molecular weight is 1100 g/mol. The number of aliphatic hydroxyl groups excluding tert-OH is 1. The number of allylic oxidation sites excluding steroid dienone is 4. The Morgan fingerprint density at radius 3 is 0.756 bits per heavy atom. The van der Waals surface area contributed by atoms with Gasteiger partial charge in [-0.1, -0.05) is 378 Å². The molecule has 78 heavy (non-hydrogen) atoms. The van der Waals surface area contributed by atoms with Crippen molar-refractivity contribution in [2.24, 2.45) is 0 Å². The smallest absolute Gasteiger partial charge is 0.306 e. The zero-order valence-electron chi connectivity index (χ0n) is 53.2. The minimum absolute atomic E-state index is 0.0570. The van der Waals surface area contributed by atoms with Gasteiger partial charge in [0.15, 0.2) is 6.10 Å². The summed E-state index contributed by atoms with van der Waals surface area (Å²) in [6.07, 6.45) is 90.9. The Hall–Kier alpha value is -1.62. The van der Waals surface area contributed by atoms with Crippen LogP contribution in [0, 0.1) is 0 Å². The fourth-order valence-electron chi connectivity index (χ4n) is 11.4. The van der Waals surface area contributed by atoms with Gasteiger partial charge in [0.25, 0.3) is 0 Å². The van der Waals surface area contributed by atoms with E-state index in [1.165, 1.54) is 347 Å². The van der Waals surface area contributed by atoms with E-state index >= 15 is 0 Å². The van der Waals surface area contributed by atoms with Gasteiger partial charge >= 0.3 is 11.9 Å². The maximum atomic E-state index is 12.4. The van der Waals surface area contributed by atoms with Crippen LogP contribution in [0.25, 0.3) is 0 Å². The van der Waals surface area contributed by atoms with E-state index in [0.717, 1.165) is 38.5 Å². The zero-order valence-corrected chi connectivity index (χ0v) is 53.2. The Kier molecular flexibility index (Phi) is 68.2. The molecule has 0 aliphatic heterocycles. The van der Waals surface area contributed by atoms with E-state index in [1.54, 1.807) is 0 Å². The zero-order chi connectivity index (χ0) is 56.2. The summed E-state index contributed by atoms with van der Waals surface area (Å²) < 4.78 is 10.8. The molecule has 5 nitrogen and oxygen atoms in total. The standard InChI is InChI=1S/C73H140O5/c1-3-5-7-9-11-13-15-17-19-21-23-25-27-29-31-32-33-34-35-36-37-38-39-40-42-44-46-48-50-52-54-56-58-60-62-64-66-68-73(76)78-71(69-74)70-77-72(75)67-65-63-61-59-57-55-53-51-49-47-45-43-41-30-28-26-24-22-20-18-16-14-12-10-8-6-4-2/h15,17,21,23,71,74H,3-14,16,18-20,22,24-70H2,1-2H3/b17-15-,23-21-. The van der Waals surface area contributed by atoms with Crippen LogP contribution in [0.1, 0.15) is 412 Å². The van der Waals surface area contributed by atoms with Crippen molar-refractivity contribution in [2.45, 2.75) is 418 Å². The first-order valence-electron chi connectivity index (χ1n) is 35.9. The van der Waals surface area contributed by atoms with Crippen LogP contribution in [-0.4, -0.2) is 36.4 Å². The summed E-state index contributed by atoms with van der Waals surface area (Å²) in [6, 6.07) is 0. The molecule has 1 atom stereocenters. The normalized spacial score (nSPS) is 12.2. The molecule has 1 unspecified atom stereocenters. The molecule has 0 fully saturated rings. The lowest BCUT2D eigenvalue weighted by Crippen LogP contribution is -2.28. The molecule has 0 aliphatic carbocycles. The van der Waals surface area contributed by atoms with Crippen LogP contribution in [0.4, 0.5) is 0 Å².